The molecule has 0 bridgehead atoms. The molecule has 1 heterocycles. The van der Waals surface area contributed by atoms with Gasteiger partial charge in [0.1, 0.15) is 18.5 Å². The normalized spacial score (nSPS) is 11.8. The smallest absolute Gasteiger partial charge is 0.137 e. The molecule has 0 spiro atoms. The summed E-state index contributed by atoms with van der Waals surface area (Å²) in [5.41, 5.74) is 3.72. The number of benzene rings is 2. The molecule has 2 aromatic carbocycles. The molecule has 1 atom stereocenters. The topological polar surface area (TPSA) is 30.7 Å². The molecule has 0 N–H and O–H groups in total. The van der Waals surface area contributed by atoms with Gasteiger partial charge in [-0.2, -0.15) is 5.10 Å². The van der Waals surface area contributed by atoms with Crippen LogP contribution in [0.5, 0.6) is 0 Å². The fourth-order valence-corrected chi connectivity index (χ4v) is 2.75. The van der Waals surface area contributed by atoms with Gasteiger partial charge in [-0.15, -0.1) is 12.4 Å². The van der Waals surface area contributed by atoms with E-state index >= 15 is 0 Å². The third-order valence-electron chi connectivity index (χ3n) is 4.12. The highest BCUT2D eigenvalue weighted by Crippen LogP contribution is 2.24. The van der Waals surface area contributed by atoms with E-state index in [1.807, 2.05) is 16.8 Å². The Morgan fingerprint density at radius 1 is 1.04 bits per heavy atom. The predicted molar refractivity (Wildman–Crippen MR) is 95.9 cm³/mol. The van der Waals surface area contributed by atoms with Crippen LogP contribution in [0, 0.1) is 12.7 Å². The van der Waals surface area contributed by atoms with E-state index in [-0.39, 0.29) is 24.1 Å². The van der Waals surface area contributed by atoms with E-state index in [0.717, 1.165) is 24.9 Å². The van der Waals surface area contributed by atoms with Gasteiger partial charge in [0, 0.05) is 12.5 Å². The van der Waals surface area contributed by atoms with Crippen LogP contribution in [0.15, 0.2) is 61.2 Å². The Bertz CT molecular complexity index is 724. The Labute approximate surface area is 148 Å². The van der Waals surface area contributed by atoms with Crippen LogP contribution in [-0.2, 0) is 13.0 Å². The van der Waals surface area contributed by atoms with Gasteiger partial charge in [0.15, 0.2) is 0 Å². The van der Waals surface area contributed by atoms with Crippen LogP contribution in [0.4, 0.5) is 4.39 Å². The average Bonchev–Trinajstić information content (AvgIpc) is 3.07. The molecular formula is C19H21ClFN3. The second-order valence-corrected chi connectivity index (χ2v) is 5.89. The van der Waals surface area contributed by atoms with Gasteiger partial charge in [-0.3, -0.25) is 4.68 Å². The van der Waals surface area contributed by atoms with Crippen LogP contribution in [0.2, 0.25) is 0 Å². The maximum absolute atomic E-state index is 13.2. The van der Waals surface area contributed by atoms with Crippen molar-refractivity contribution in [3.05, 3.63) is 83.7 Å². The van der Waals surface area contributed by atoms with Gasteiger partial charge in [-0.05, 0) is 43.0 Å². The van der Waals surface area contributed by atoms with E-state index in [2.05, 4.69) is 41.3 Å². The molecule has 0 fully saturated rings. The van der Waals surface area contributed by atoms with Gasteiger partial charge < -0.3 is 0 Å². The number of rotatable bonds is 6. The minimum atomic E-state index is -0.202. The summed E-state index contributed by atoms with van der Waals surface area (Å²) in [4.78, 5) is 4.00. The molecule has 24 heavy (non-hydrogen) atoms. The van der Waals surface area contributed by atoms with Crippen molar-refractivity contribution in [3.8, 4) is 0 Å². The second-order valence-electron chi connectivity index (χ2n) is 5.89. The molecule has 0 saturated carbocycles. The van der Waals surface area contributed by atoms with Gasteiger partial charge in [0.25, 0.3) is 0 Å². The second kappa shape index (κ2) is 8.60. The van der Waals surface area contributed by atoms with Gasteiger partial charge in [-0.1, -0.05) is 42.0 Å². The van der Waals surface area contributed by atoms with E-state index in [1.54, 1.807) is 12.7 Å². The molecule has 0 amide bonds. The molecule has 0 radical (unpaired) electrons. The monoisotopic (exact) mass is 345 g/mol. The van der Waals surface area contributed by atoms with Crippen molar-refractivity contribution >= 4 is 12.4 Å². The number of halogens is 2. The molecule has 126 valence electrons. The summed E-state index contributed by atoms with van der Waals surface area (Å²) in [5.74, 6) is 0.0744. The Morgan fingerprint density at radius 3 is 2.38 bits per heavy atom. The Hall–Kier alpha value is -2.20. The van der Waals surface area contributed by atoms with E-state index in [9.17, 15) is 4.39 Å². The number of nitrogens with zero attached hydrogens (tertiary/aromatic N) is 3. The molecular weight excluding hydrogens is 325 g/mol. The van der Waals surface area contributed by atoms with E-state index in [0.29, 0.717) is 0 Å². The maximum atomic E-state index is 13.2. The first-order chi connectivity index (χ1) is 11.2. The summed E-state index contributed by atoms with van der Waals surface area (Å²) in [7, 11) is 0. The van der Waals surface area contributed by atoms with Crippen LogP contribution in [0.3, 0.4) is 0 Å². The highest BCUT2D eigenvalue weighted by atomic mass is 35.5. The summed E-state index contributed by atoms with van der Waals surface area (Å²) in [6.45, 7) is 2.84. The third kappa shape index (κ3) is 4.90. The van der Waals surface area contributed by atoms with Gasteiger partial charge in [0.2, 0.25) is 0 Å². The third-order valence-corrected chi connectivity index (χ3v) is 4.12. The number of hydrogen-bond acceptors (Lipinski definition) is 2. The predicted octanol–water partition coefficient (Wildman–Crippen LogP) is 4.56. The molecule has 3 aromatic rings. The molecule has 0 aliphatic carbocycles. The SMILES string of the molecule is Cc1ccc(CCC(Cn2cncn2)c2ccc(F)cc2)cc1.Cl. The highest BCUT2D eigenvalue weighted by molar-refractivity contribution is 5.85. The van der Waals surface area contributed by atoms with Crippen molar-refractivity contribution in [2.75, 3.05) is 0 Å². The summed E-state index contributed by atoms with van der Waals surface area (Å²) in [6, 6.07) is 15.4. The van der Waals surface area contributed by atoms with Crippen LogP contribution in [0.25, 0.3) is 0 Å². The van der Waals surface area contributed by atoms with Crippen molar-refractivity contribution in [1.29, 1.82) is 0 Å². The van der Waals surface area contributed by atoms with Crippen molar-refractivity contribution < 1.29 is 4.39 Å². The fraction of sp³-hybridized carbons (Fsp3) is 0.263. The standard InChI is InChI=1S/C19H20FN3.ClH/c1-15-2-4-16(5-3-15)6-7-18(12-23-14-21-13-22-23)17-8-10-19(20)11-9-17;/h2-5,8-11,13-14,18H,6-7,12H2,1H3;1H. The molecule has 1 aromatic heterocycles. The lowest BCUT2D eigenvalue weighted by molar-refractivity contribution is 0.487. The van der Waals surface area contributed by atoms with Crippen LogP contribution in [0.1, 0.15) is 29.0 Å². The first-order valence-electron chi connectivity index (χ1n) is 7.84. The summed E-state index contributed by atoms with van der Waals surface area (Å²) in [5, 5.41) is 4.20. The lowest BCUT2D eigenvalue weighted by Gasteiger charge is -2.17. The van der Waals surface area contributed by atoms with Crippen LogP contribution < -0.4 is 0 Å². The molecule has 5 heteroatoms. The van der Waals surface area contributed by atoms with Crippen molar-refractivity contribution in [3.63, 3.8) is 0 Å². The zero-order valence-electron chi connectivity index (χ0n) is 13.6. The number of hydrogen-bond donors (Lipinski definition) is 0. The summed E-state index contributed by atoms with van der Waals surface area (Å²) >= 11 is 0. The summed E-state index contributed by atoms with van der Waals surface area (Å²) < 4.78 is 15.0. The van der Waals surface area contributed by atoms with E-state index in [1.165, 1.54) is 23.3 Å². The van der Waals surface area contributed by atoms with Crippen molar-refractivity contribution in [1.82, 2.24) is 14.8 Å². The minimum Gasteiger partial charge on any atom is -0.252 e. The zero-order valence-corrected chi connectivity index (χ0v) is 14.4. The largest absolute Gasteiger partial charge is 0.252 e. The minimum absolute atomic E-state index is 0. The Kier molecular flexibility index (Phi) is 6.50. The van der Waals surface area contributed by atoms with Crippen LogP contribution >= 0.6 is 12.4 Å². The van der Waals surface area contributed by atoms with Crippen molar-refractivity contribution in [2.45, 2.75) is 32.2 Å². The lowest BCUT2D eigenvalue weighted by Crippen LogP contribution is -2.11. The van der Waals surface area contributed by atoms with Gasteiger partial charge >= 0.3 is 0 Å². The molecule has 3 nitrogen and oxygen atoms in total. The quantitative estimate of drug-likeness (QED) is 0.655. The number of aryl methyl sites for hydroxylation is 2. The Morgan fingerprint density at radius 2 is 1.75 bits per heavy atom. The first-order valence-corrected chi connectivity index (χ1v) is 7.84. The summed E-state index contributed by atoms with van der Waals surface area (Å²) in [6.07, 6.45) is 5.23. The van der Waals surface area contributed by atoms with Crippen molar-refractivity contribution in [2.24, 2.45) is 0 Å². The fourth-order valence-electron chi connectivity index (χ4n) is 2.75. The number of aromatic nitrogens is 3. The highest BCUT2D eigenvalue weighted by Gasteiger charge is 2.13. The zero-order chi connectivity index (χ0) is 16.1. The molecule has 0 saturated heterocycles. The lowest BCUT2D eigenvalue weighted by atomic mass is 9.92. The first kappa shape index (κ1) is 18.1. The maximum Gasteiger partial charge on any atom is 0.137 e. The molecule has 1 unspecified atom stereocenters. The van der Waals surface area contributed by atoms with Gasteiger partial charge in [-0.25, -0.2) is 9.37 Å². The Balaban J connectivity index is 0.00000208. The van der Waals surface area contributed by atoms with E-state index in [4.69, 9.17) is 0 Å². The average molecular weight is 346 g/mol. The van der Waals surface area contributed by atoms with Gasteiger partial charge in [0.05, 0.1) is 0 Å². The molecule has 3 rings (SSSR count). The molecule has 0 aliphatic heterocycles. The van der Waals surface area contributed by atoms with E-state index < -0.39 is 0 Å². The molecule has 0 aliphatic rings. The van der Waals surface area contributed by atoms with Crippen LogP contribution in [-0.4, -0.2) is 14.8 Å².